The van der Waals surface area contributed by atoms with E-state index in [1.54, 1.807) is 31.6 Å². The fourth-order valence-corrected chi connectivity index (χ4v) is 5.54. The molecule has 0 bridgehead atoms. The number of hydrogen-bond donors (Lipinski definition) is 1. The first-order valence-corrected chi connectivity index (χ1v) is 11.9. The Kier molecular flexibility index (Phi) is 5.65. The van der Waals surface area contributed by atoms with Gasteiger partial charge in [0.05, 0.1) is 36.2 Å². The molecular formula is C24H27N5O3S. The summed E-state index contributed by atoms with van der Waals surface area (Å²) in [6.07, 6.45) is 2.03. The van der Waals surface area contributed by atoms with Gasteiger partial charge in [0.1, 0.15) is 5.69 Å². The highest BCUT2D eigenvalue weighted by atomic mass is 32.1. The van der Waals surface area contributed by atoms with E-state index in [1.165, 1.54) is 0 Å². The van der Waals surface area contributed by atoms with Crippen molar-refractivity contribution in [2.24, 2.45) is 5.92 Å². The zero-order valence-electron chi connectivity index (χ0n) is 19.2. The van der Waals surface area contributed by atoms with Crippen molar-refractivity contribution in [2.75, 3.05) is 26.1 Å². The third-order valence-corrected chi connectivity index (χ3v) is 7.28. The van der Waals surface area contributed by atoms with Gasteiger partial charge in [0, 0.05) is 12.6 Å². The second kappa shape index (κ2) is 8.62. The van der Waals surface area contributed by atoms with Crippen LogP contribution < -0.4 is 14.8 Å². The molecule has 2 aromatic heterocycles. The first kappa shape index (κ1) is 21.6. The Morgan fingerprint density at radius 3 is 2.58 bits per heavy atom. The van der Waals surface area contributed by atoms with Gasteiger partial charge in [-0.25, -0.2) is 4.98 Å². The maximum Gasteiger partial charge on any atom is 0.274 e. The largest absolute Gasteiger partial charge is 0.481 e. The summed E-state index contributed by atoms with van der Waals surface area (Å²) < 4.78 is 10.5. The number of benzene rings is 1. The Labute approximate surface area is 197 Å². The number of carbonyl (C=O) groups excluding carboxylic acids is 1. The molecule has 8 nitrogen and oxygen atoms in total. The fourth-order valence-electron chi connectivity index (χ4n) is 4.64. The molecule has 3 heterocycles. The molecule has 2 fully saturated rings. The molecule has 2 unspecified atom stereocenters. The number of fused-ring (bicyclic) bond motifs is 1. The van der Waals surface area contributed by atoms with E-state index < -0.39 is 0 Å². The van der Waals surface area contributed by atoms with Gasteiger partial charge in [-0.3, -0.25) is 4.79 Å². The molecule has 0 radical (unpaired) electrons. The predicted octanol–water partition coefficient (Wildman–Crippen LogP) is 3.95. The van der Waals surface area contributed by atoms with E-state index in [-0.39, 0.29) is 18.0 Å². The van der Waals surface area contributed by atoms with Crippen molar-refractivity contribution in [3.05, 3.63) is 46.6 Å². The zero-order valence-corrected chi connectivity index (χ0v) is 20.0. The molecule has 1 amide bonds. The minimum absolute atomic E-state index is 0.0109. The molecule has 3 atom stereocenters. The number of rotatable bonds is 7. The van der Waals surface area contributed by atoms with Crippen LogP contribution >= 0.6 is 11.3 Å². The number of piperidine rings is 1. The minimum atomic E-state index is 0.0109. The number of carbonyl (C=O) groups is 1. The lowest BCUT2D eigenvalue weighted by molar-refractivity contribution is 0.0704. The number of anilines is 1. The number of aryl methyl sites for hydroxylation is 2. The van der Waals surface area contributed by atoms with Crippen LogP contribution in [0, 0.1) is 19.8 Å². The molecule has 33 heavy (non-hydrogen) atoms. The SMILES string of the molecule is COc1cc(OC)nc(NC[C@@H]2CC3CC3N2C(=O)c2nc(C)sc2-c2cccc(C)c2)n1. The number of likely N-dealkylation sites (tertiary alicyclic amines) is 1. The molecule has 1 saturated carbocycles. The van der Waals surface area contributed by atoms with Crippen LogP contribution in [0.4, 0.5) is 5.95 Å². The quantitative estimate of drug-likeness (QED) is 0.565. The summed E-state index contributed by atoms with van der Waals surface area (Å²) in [5.74, 6) is 1.84. The summed E-state index contributed by atoms with van der Waals surface area (Å²) in [4.78, 5) is 30.1. The topological polar surface area (TPSA) is 89.5 Å². The van der Waals surface area contributed by atoms with Crippen LogP contribution in [0.3, 0.4) is 0 Å². The van der Waals surface area contributed by atoms with Crippen LogP contribution in [0.1, 0.15) is 33.9 Å². The first-order chi connectivity index (χ1) is 16.0. The number of nitrogens with one attached hydrogen (secondary N) is 1. The monoisotopic (exact) mass is 465 g/mol. The summed E-state index contributed by atoms with van der Waals surface area (Å²) in [6.45, 7) is 4.57. The number of hydrogen-bond acceptors (Lipinski definition) is 8. The highest BCUT2D eigenvalue weighted by molar-refractivity contribution is 7.15. The van der Waals surface area contributed by atoms with E-state index in [2.05, 4.69) is 39.3 Å². The second-order valence-corrected chi connectivity index (χ2v) is 9.81. The molecule has 1 aliphatic carbocycles. The molecule has 9 heteroatoms. The van der Waals surface area contributed by atoms with Gasteiger partial charge < -0.3 is 19.7 Å². The number of ether oxygens (including phenoxy) is 2. The molecule has 1 aromatic carbocycles. The Bertz CT molecular complexity index is 1170. The van der Waals surface area contributed by atoms with Gasteiger partial charge in [0.15, 0.2) is 0 Å². The number of amides is 1. The lowest BCUT2D eigenvalue weighted by Gasteiger charge is -2.27. The average Bonchev–Trinajstić information content (AvgIpc) is 3.30. The lowest BCUT2D eigenvalue weighted by atomic mass is 10.1. The Balaban J connectivity index is 1.38. The van der Waals surface area contributed by atoms with Crippen molar-refractivity contribution in [1.82, 2.24) is 19.9 Å². The van der Waals surface area contributed by atoms with Crippen molar-refractivity contribution in [3.8, 4) is 22.2 Å². The van der Waals surface area contributed by atoms with Crippen LogP contribution in [0.15, 0.2) is 30.3 Å². The minimum Gasteiger partial charge on any atom is -0.481 e. The molecule has 1 saturated heterocycles. The number of aromatic nitrogens is 3. The van der Waals surface area contributed by atoms with E-state index >= 15 is 0 Å². The van der Waals surface area contributed by atoms with Crippen molar-refractivity contribution < 1.29 is 14.3 Å². The van der Waals surface area contributed by atoms with Crippen LogP contribution in [0.5, 0.6) is 11.8 Å². The maximum absolute atomic E-state index is 13.8. The summed E-state index contributed by atoms with van der Waals surface area (Å²) in [7, 11) is 3.11. The normalized spacial score (nSPS) is 21.0. The molecule has 172 valence electrons. The number of nitrogens with zero attached hydrogens (tertiary/aromatic N) is 4. The lowest BCUT2D eigenvalue weighted by Crippen LogP contribution is -2.42. The van der Waals surface area contributed by atoms with Gasteiger partial charge in [0.2, 0.25) is 17.7 Å². The summed E-state index contributed by atoms with van der Waals surface area (Å²) in [6, 6.07) is 10.2. The Morgan fingerprint density at radius 2 is 1.88 bits per heavy atom. The van der Waals surface area contributed by atoms with Gasteiger partial charge in [0.25, 0.3) is 5.91 Å². The second-order valence-electron chi connectivity index (χ2n) is 8.60. The van der Waals surface area contributed by atoms with Gasteiger partial charge in [-0.1, -0.05) is 29.8 Å². The van der Waals surface area contributed by atoms with Crippen molar-refractivity contribution in [1.29, 1.82) is 0 Å². The summed E-state index contributed by atoms with van der Waals surface area (Å²) >= 11 is 1.58. The Morgan fingerprint density at radius 1 is 1.12 bits per heavy atom. The summed E-state index contributed by atoms with van der Waals surface area (Å²) in [5.41, 5.74) is 2.76. The average molecular weight is 466 g/mol. The van der Waals surface area contributed by atoms with Crippen LogP contribution in [0.2, 0.25) is 0 Å². The van der Waals surface area contributed by atoms with Gasteiger partial charge in [-0.2, -0.15) is 9.97 Å². The van der Waals surface area contributed by atoms with E-state index in [4.69, 9.17) is 9.47 Å². The fraction of sp³-hybridized carbons (Fsp3) is 0.417. The third kappa shape index (κ3) is 4.25. The van der Waals surface area contributed by atoms with E-state index in [0.29, 0.717) is 35.9 Å². The number of methoxy groups -OCH3 is 2. The molecule has 0 spiro atoms. The first-order valence-electron chi connectivity index (χ1n) is 11.0. The molecule has 1 aliphatic heterocycles. The zero-order chi connectivity index (χ0) is 23.1. The van der Waals surface area contributed by atoms with Crippen LogP contribution in [-0.2, 0) is 0 Å². The van der Waals surface area contributed by atoms with Crippen molar-refractivity contribution in [3.63, 3.8) is 0 Å². The molecular weight excluding hydrogens is 438 g/mol. The predicted molar refractivity (Wildman–Crippen MR) is 127 cm³/mol. The van der Waals surface area contributed by atoms with Crippen molar-refractivity contribution in [2.45, 2.75) is 38.8 Å². The highest BCUT2D eigenvalue weighted by Crippen LogP contribution is 2.49. The number of thiazole rings is 1. The van der Waals surface area contributed by atoms with E-state index in [9.17, 15) is 4.79 Å². The van der Waals surface area contributed by atoms with Gasteiger partial charge in [-0.15, -0.1) is 11.3 Å². The maximum atomic E-state index is 13.8. The van der Waals surface area contributed by atoms with Crippen LogP contribution in [0.25, 0.3) is 10.4 Å². The smallest absolute Gasteiger partial charge is 0.274 e. The van der Waals surface area contributed by atoms with Gasteiger partial charge in [-0.05, 0) is 38.2 Å². The molecule has 3 aromatic rings. The highest BCUT2D eigenvalue weighted by Gasteiger charge is 2.54. The van der Waals surface area contributed by atoms with Gasteiger partial charge >= 0.3 is 0 Å². The molecule has 1 N–H and O–H groups in total. The third-order valence-electron chi connectivity index (χ3n) is 6.26. The van der Waals surface area contributed by atoms with Crippen LogP contribution in [-0.4, -0.2) is 58.6 Å². The van der Waals surface area contributed by atoms with Crippen molar-refractivity contribution >= 4 is 23.2 Å². The van der Waals surface area contributed by atoms with E-state index in [1.807, 2.05) is 24.0 Å². The summed E-state index contributed by atoms with van der Waals surface area (Å²) in [5, 5.41) is 4.17. The molecule has 5 rings (SSSR count). The standard InChI is InChI=1S/C24H27N5O3S/c1-13-6-5-7-15(8-13)22-21(26-14(2)33-22)23(30)29-17(9-16-10-18(16)29)12-25-24-27-19(31-3)11-20(28-24)32-4/h5-8,11,16-18H,9-10,12H2,1-4H3,(H,25,27,28)/t16?,17-,18?/m0/s1. The Hall–Kier alpha value is -3.20. The molecule has 2 aliphatic rings. The van der Waals surface area contributed by atoms with E-state index in [0.717, 1.165) is 33.9 Å².